The van der Waals surface area contributed by atoms with Crippen molar-refractivity contribution in [3.63, 3.8) is 0 Å². The normalized spacial score (nSPS) is 35.8. The molecule has 0 bridgehead atoms. The molecule has 0 aliphatic heterocycles. The van der Waals surface area contributed by atoms with Crippen LogP contribution in [0, 0.1) is 46.3 Å². The lowest BCUT2D eigenvalue weighted by atomic mass is 9.43. The quantitative estimate of drug-likeness (QED) is 0.0874. The first-order valence-electron chi connectivity index (χ1n) is 19.8. The van der Waals surface area contributed by atoms with E-state index in [2.05, 4.69) is 27.7 Å². The van der Waals surface area contributed by atoms with Gasteiger partial charge in [-0.25, -0.2) is 0 Å². The Morgan fingerprint density at radius 2 is 1.51 bits per heavy atom. The number of unbranched alkanes of at least 4 members (excludes halogenated alkanes) is 3. The van der Waals surface area contributed by atoms with E-state index in [0.717, 1.165) is 83.5 Å². The third kappa shape index (κ3) is 9.38. The van der Waals surface area contributed by atoms with Crippen LogP contribution >= 0.6 is 0 Å². The van der Waals surface area contributed by atoms with Gasteiger partial charge in [0.1, 0.15) is 12.2 Å². The minimum absolute atomic E-state index is 0.0135. The van der Waals surface area contributed by atoms with Crippen molar-refractivity contribution in [2.45, 2.75) is 149 Å². The van der Waals surface area contributed by atoms with Gasteiger partial charge in [0.2, 0.25) is 0 Å². The zero-order valence-corrected chi connectivity index (χ0v) is 31.1. The number of carbonyl (C=O) groups excluding carboxylic acids is 3. The molecule has 10 nitrogen and oxygen atoms in total. The fourth-order valence-corrected chi connectivity index (χ4v) is 10.9. The van der Waals surface area contributed by atoms with Gasteiger partial charge in [0.15, 0.2) is 0 Å². The first-order chi connectivity index (χ1) is 23.5. The summed E-state index contributed by atoms with van der Waals surface area (Å²) in [5, 5.41) is 0. The number of carbonyl (C=O) groups is 3. The third-order valence-corrected chi connectivity index (χ3v) is 13.5. The molecule has 0 radical (unpaired) electrons. The van der Waals surface area contributed by atoms with Gasteiger partial charge in [-0.05, 0) is 106 Å². The maximum atomic E-state index is 13.2. The number of hydrogen-bond donors (Lipinski definition) is 3. The number of esters is 3. The van der Waals surface area contributed by atoms with E-state index in [1.807, 2.05) is 0 Å². The molecule has 10 heteroatoms. The Balaban J connectivity index is 1.59. The average Bonchev–Trinajstić information content (AvgIpc) is 3.43. The molecule has 4 aliphatic carbocycles. The van der Waals surface area contributed by atoms with E-state index >= 15 is 0 Å². The van der Waals surface area contributed by atoms with Gasteiger partial charge in [0, 0.05) is 37.5 Å². The van der Waals surface area contributed by atoms with Crippen LogP contribution in [-0.4, -0.2) is 69.1 Å². The summed E-state index contributed by atoms with van der Waals surface area (Å²) in [5.41, 5.74) is 17.0. The minimum Gasteiger partial charge on any atom is -0.466 e. The van der Waals surface area contributed by atoms with Gasteiger partial charge >= 0.3 is 17.9 Å². The molecule has 0 aromatic carbocycles. The van der Waals surface area contributed by atoms with E-state index in [9.17, 15) is 14.4 Å². The molecule has 0 spiro atoms. The molecule has 0 aromatic heterocycles. The van der Waals surface area contributed by atoms with E-state index in [0.29, 0.717) is 32.1 Å². The van der Waals surface area contributed by atoms with Crippen molar-refractivity contribution >= 4 is 17.9 Å². The molecule has 0 saturated heterocycles. The molecule has 0 amide bonds. The van der Waals surface area contributed by atoms with Crippen molar-refractivity contribution in [2.24, 2.45) is 63.5 Å². The molecule has 4 fully saturated rings. The molecule has 4 saturated carbocycles. The molecule has 4 aliphatic rings. The number of hydrogen-bond acceptors (Lipinski definition) is 10. The second-order valence-corrected chi connectivity index (χ2v) is 16.3. The van der Waals surface area contributed by atoms with Crippen LogP contribution in [0.1, 0.15) is 130 Å². The van der Waals surface area contributed by atoms with Gasteiger partial charge in [-0.15, -0.1) is 0 Å². The van der Waals surface area contributed by atoms with E-state index in [1.54, 1.807) is 0 Å². The Kier molecular flexibility index (Phi) is 15.2. The highest BCUT2D eigenvalue weighted by Crippen LogP contribution is 2.69. The number of fused-ring (bicyclic) bond motifs is 5. The summed E-state index contributed by atoms with van der Waals surface area (Å²) in [6.45, 7) is 11.5. The highest BCUT2D eigenvalue weighted by molar-refractivity contribution is 5.70. The van der Waals surface area contributed by atoms with Crippen molar-refractivity contribution in [2.75, 3.05) is 32.8 Å². The van der Waals surface area contributed by atoms with Gasteiger partial charge in [0.05, 0.1) is 25.6 Å². The second-order valence-electron chi connectivity index (χ2n) is 16.3. The van der Waals surface area contributed by atoms with Crippen LogP contribution in [-0.2, 0) is 33.3 Å². The van der Waals surface area contributed by atoms with Crippen LogP contribution in [0.3, 0.4) is 0 Å². The highest BCUT2D eigenvalue weighted by atomic mass is 16.6. The summed E-state index contributed by atoms with van der Waals surface area (Å²) < 4.78 is 24.8. The first-order valence-corrected chi connectivity index (χ1v) is 19.8. The molecule has 0 aromatic rings. The molecule has 49 heavy (non-hydrogen) atoms. The molecule has 0 heterocycles. The lowest BCUT2D eigenvalue weighted by molar-refractivity contribution is -0.226. The van der Waals surface area contributed by atoms with Gasteiger partial charge < -0.3 is 36.1 Å². The smallest absolute Gasteiger partial charge is 0.307 e. The highest BCUT2D eigenvalue weighted by Gasteiger charge is 2.67. The Morgan fingerprint density at radius 1 is 0.776 bits per heavy atom. The minimum atomic E-state index is -0.320. The van der Waals surface area contributed by atoms with Crippen LogP contribution < -0.4 is 17.2 Å². The maximum absolute atomic E-state index is 13.2. The zero-order valence-electron chi connectivity index (χ0n) is 31.1. The van der Waals surface area contributed by atoms with E-state index < -0.39 is 0 Å². The number of rotatable bonds is 19. The molecule has 282 valence electrons. The summed E-state index contributed by atoms with van der Waals surface area (Å²) >= 11 is 0. The Bertz CT molecular complexity index is 1080. The summed E-state index contributed by atoms with van der Waals surface area (Å²) in [7, 11) is 0. The molecule has 11 atom stereocenters. The van der Waals surface area contributed by atoms with Gasteiger partial charge in [-0.1, -0.05) is 47.0 Å². The third-order valence-electron chi connectivity index (χ3n) is 13.5. The predicted octanol–water partition coefficient (Wildman–Crippen LogP) is 5.66. The fraction of sp³-hybridized carbons (Fsp3) is 0.923. The van der Waals surface area contributed by atoms with Crippen LogP contribution in [0.2, 0.25) is 0 Å². The van der Waals surface area contributed by atoms with Crippen LogP contribution in [0.25, 0.3) is 0 Å². The van der Waals surface area contributed by atoms with E-state index in [-0.39, 0.29) is 103 Å². The van der Waals surface area contributed by atoms with Gasteiger partial charge in [-0.2, -0.15) is 0 Å². The van der Waals surface area contributed by atoms with Crippen LogP contribution in [0.5, 0.6) is 0 Å². The summed E-state index contributed by atoms with van der Waals surface area (Å²) in [6.07, 6.45) is 12.9. The number of nitrogens with two attached hydrogens (primary N) is 3. The van der Waals surface area contributed by atoms with Crippen molar-refractivity contribution in [1.29, 1.82) is 0 Å². The SMILES string of the molecule is CCCCCCOC(=O)CC[C@@H](C)[C@H]1CC[C@H]2C3[C@H](OC(=O)CCN)CC4C[C@H](OCCCN)CC[C@]4(C)[C@H]3C[C@H](OC(=O)CCN)[C@]12C. The Labute approximate surface area is 296 Å². The molecular weight excluding hydrogens is 622 g/mol. The van der Waals surface area contributed by atoms with Crippen molar-refractivity contribution in [3.05, 3.63) is 0 Å². The maximum Gasteiger partial charge on any atom is 0.307 e. The van der Waals surface area contributed by atoms with Crippen LogP contribution in [0.15, 0.2) is 0 Å². The lowest BCUT2D eigenvalue weighted by Crippen LogP contribution is -2.63. The van der Waals surface area contributed by atoms with Crippen molar-refractivity contribution < 1.29 is 33.3 Å². The predicted molar refractivity (Wildman–Crippen MR) is 190 cm³/mol. The van der Waals surface area contributed by atoms with Crippen molar-refractivity contribution in [3.8, 4) is 0 Å². The molecule has 4 rings (SSSR count). The van der Waals surface area contributed by atoms with E-state index in [1.165, 1.54) is 0 Å². The molecule has 2 unspecified atom stereocenters. The summed E-state index contributed by atoms with van der Waals surface area (Å²) in [4.78, 5) is 39.0. The van der Waals surface area contributed by atoms with E-state index in [4.69, 9.17) is 36.1 Å². The zero-order chi connectivity index (χ0) is 35.6. The standard InChI is InChI=1S/C39H69N3O7/c1-5-6-7-8-21-47-34(43)13-10-26(2)29-11-12-30-37-31(25-33(39(29,30)4)49-36(45)16-20-42)38(3)17-14-28(46-22-9-18-40)23-27(38)24-32(37)48-35(44)15-19-41/h26-33,37H,5-25,40-42H2,1-4H3/t26-,27?,28-,29-,30+,31+,32-,33+,37?,38+,39-/m1/s1. The monoisotopic (exact) mass is 692 g/mol. The average molecular weight is 692 g/mol. The van der Waals surface area contributed by atoms with Crippen LogP contribution in [0.4, 0.5) is 0 Å². The summed E-state index contributed by atoms with van der Waals surface area (Å²) in [6, 6.07) is 0. The first kappa shape index (κ1) is 40.0. The Morgan fingerprint density at radius 3 is 2.20 bits per heavy atom. The molecule has 6 N–H and O–H groups in total. The largest absolute Gasteiger partial charge is 0.466 e. The second kappa shape index (κ2) is 18.7. The van der Waals surface area contributed by atoms with Gasteiger partial charge in [-0.3, -0.25) is 14.4 Å². The summed E-state index contributed by atoms with van der Waals surface area (Å²) in [5.74, 6) is 0.840. The Hall–Kier alpha value is -1.75. The topological polar surface area (TPSA) is 166 Å². The van der Waals surface area contributed by atoms with Crippen molar-refractivity contribution in [1.82, 2.24) is 0 Å². The molecular formula is C39H69N3O7. The van der Waals surface area contributed by atoms with Gasteiger partial charge in [0.25, 0.3) is 0 Å². The fourth-order valence-electron chi connectivity index (χ4n) is 10.9. The lowest BCUT2D eigenvalue weighted by Gasteiger charge is -2.64. The number of ether oxygens (including phenoxy) is 4.